The first kappa shape index (κ1) is 11.0. The molecule has 1 atom stereocenters. The van der Waals surface area contributed by atoms with Gasteiger partial charge in [0.15, 0.2) is 5.82 Å². The van der Waals surface area contributed by atoms with E-state index in [4.69, 9.17) is 11.6 Å². The molecule has 0 spiro atoms. The quantitative estimate of drug-likeness (QED) is 0.649. The third kappa shape index (κ3) is 2.19. The molecule has 0 amide bonds. The molecule has 0 aromatic carbocycles. The summed E-state index contributed by atoms with van der Waals surface area (Å²) in [5, 5.41) is 3.37. The van der Waals surface area contributed by atoms with Gasteiger partial charge in [0.1, 0.15) is 11.4 Å². The van der Waals surface area contributed by atoms with Gasteiger partial charge in [-0.2, -0.15) is 4.98 Å². The number of nitrogens with one attached hydrogen (secondary N) is 1. The van der Waals surface area contributed by atoms with Crippen LogP contribution in [0.1, 0.15) is 19.0 Å². The van der Waals surface area contributed by atoms with Crippen molar-refractivity contribution in [2.45, 2.75) is 24.7 Å². The number of aromatic nitrogens is 2. The van der Waals surface area contributed by atoms with E-state index in [0.29, 0.717) is 11.6 Å². The zero-order valence-corrected chi connectivity index (χ0v) is 9.99. The van der Waals surface area contributed by atoms with Crippen LogP contribution < -0.4 is 5.32 Å². The van der Waals surface area contributed by atoms with Crippen LogP contribution in [0.4, 0.5) is 5.82 Å². The van der Waals surface area contributed by atoms with E-state index in [0.717, 1.165) is 30.0 Å². The van der Waals surface area contributed by atoms with Crippen LogP contribution in [0.3, 0.4) is 0 Å². The first-order chi connectivity index (χ1) is 7.22. The van der Waals surface area contributed by atoms with Gasteiger partial charge in [-0.1, -0.05) is 6.92 Å². The summed E-state index contributed by atoms with van der Waals surface area (Å²) in [6.45, 7) is 2.87. The molecule has 2 heterocycles. The maximum absolute atomic E-state index is 11.7. The largest absolute Gasteiger partial charge is 0.611 e. The number of anilines is 1. The molecule has 6 heteroatoms. The predicted molar refractivity (Wildman–Crippen MR) is 60.8 cm³/mol. The third-order valence-electron chi connectivity index (χ3n) is 2.20. The van der Waals surface area contributed by atoms with Gasteiger partial charge in [0.25, 0.3) is 0 Å². The molecule has 0 radical (unpaired) electrons. The maximum atomic E-state index is 11.7. The van der Waals surface area contributed by atoms with Crippen molar-refractivity contribution in [3.05, 3.63) is 11.0 Å². The Labute approximate surface area is 96.6 Å². The number of aryl methyl sites for hydroxylation is 1. The van der Waals surface area contributed by atoms with Crippen molar-refractivity contribution in [2.75, 3.05) is 17.6 Å². The molecule has 0 fully saturated rings. The second kappa shape index (κ2) is 4.55. The molecule has 1 aliphatic heterocycles. The minimum absolute atomic E-state index is 0.228. The number of rotatable bonds is 3. The third-order valence-corrected chi connectivity index (χ3v) is 3.83. The highest BCUT2D eigenvalue weighted by molar-refractivity contribution is 7.91. The van der Waals surface area contributed by atoms with E-state index in [2.05, 4.69) is 22.2 Å². The highest BCUT2D eigenvalue weighted by Gasteiger charge is 2.31. The summed E-state index contributed by atoms with van der Waals surface area (Å²) in [5.74, 6) is 1.27. The second-order valence-electron chi connectivity index (χ2n) is 3.34. The zero-order chi connectivity index (χ0) is 10.8. The summed E-state index contributed by atoms with van der Waals surface area (Å²) >= 11 is 4.83. The second-order valence-corrected chi connectivity index (χ2v) is 5.19. The van der Waals surface area contributed by atoms with Gasteiger partial charge in [0.2, 0.25) is 10.2 Å². The highest BCUT2D eigenvalue weighted by Crippen LogP contribution is 2.31. The Morgan fingerprint density at radius 1 is 1.53 bits per heavy atom. The normalized spacial score (nSPS) is 19.0. The van der Waals surface area contributed by atoms with Crippen molar-refractivity contribution in [3.8, 4) is 0 Å². The molecule has 0 aliphatic carbocycles. The molecule has 0 bridgehead atoms. The summed E-state index contributed by atoms with van der Waals surface area (Å²) in [6, 6.07) is 0. The summed E-state index contributed by atoms with van der Waals surface area (Å²) in [6.07, 6.45) is 1.72. The molecule has 1 N–H and O–H groups in total. The van der Waals surface area contributed by atoms with Crippen LogP contribution >= 0.6 is 11.6 Å². The van der Waals surface area contributed by atoms with Crippen LogP contribution in [0, 0.1) is 0 Å². The van der Waals surface area contributed by atoms with Crippen molar-refractivity contribution in [1.82, 2.24) is 9.97 Å². The van der Waals surface area contributed by atoms with E-state index in [1.807, 2.05) is 0 Å². The van der Waals surface area contributed by atoms with E-state index in [-0.39, 0.29) is 5.28 Å². The standard InChI is InChI=1S/C9H12ClN3OS/c1-2-4-11-8-7-6(3-5-15(7)14)12-9(10)13-8/h2-5H2,1H3,(H,11,12,13). The molecule has 15 heavy (non-hydrogen) atoms. The lowest BCUT2D eigenvalue weighted by Gasteiger charge is -2.09. The zero-order valence-electron chi connectivity index (χ0n) is 8.42. The monoisotopic (exact) mass is 245 g/mol. The number of halogens is 1. The van der Waals surface area contributed by atoms with Gasteiger partial charge in [-0.3, -0.25) is 0 Å². The fraction of sp³-hybridized carbons (Fsp3) is 0.556. The Morgan fingerprint density at radius 3 is 3.07 bits per heavy atom. The molecule has 1 unspecified atom stereocenters. The van der Waals surface area contributed by atoms with Crippen LogP contribution in [0.15, 0.2) is 4.90 Å². The fourth-order valence-corrected chi connectivity index (χ4v) is 3.04. The van der Waals surface area contributed by atoms with Crippen molar-refractivity contribution in [1.29, 1.82) is 0 Å². The lowest BCUT2D eigenvalue weighted by Crippen LogP contribution is -2.09. The molecular formula is C9H12ClN3OS. The Kier molecular flexibility index (Phi) is 3.33. The van der Waals surface area contributed by atoms with Crippen molar-refractivity contribution in [3.63, 3.8) is 0 Å². The highest BCUT2D eigenvalue weighted by atomic mass is 35.5. The van der Waals surface area contributed by atoms with Gasteiger partial charge in [-0.05, 0) is 29.2 Å². The molecule has 1 aliphatic rings. The van der Waals surface area contributed by atoms with Crippen molar-refractivity contribution < 1.29 is 4.55 Å². The summed E-state index contributed by atoms with van der Waals surface area (Å²) < 4.78 is 11.7. The Hall–Kier alpha value is -0.520. The number of hydrogen-bond donors (Lipinski definition) is 1. The minimum Gasteiger partial charge on any atom is -0.611 e. The SMILES string of the molecule is CCCNc1nc(Cl)nc2c1[S+]([O-])CC2. The Morgan fingerprint density at radius 2 is 2.33 bits per heavy atom. The van der Waals surface area contributed by atoms with Crippen LogP contribution in [0.2, 0.25) is 5.28 Å². The summed E-state index contributed by atoms with van der Waals surface area (Å²) in [7, 11) is 0. The lowest BCUT2D eigenvalue weighted by atomic mass is 10.3. The maximum Gasteiger partial charge on any atom is 0.224 e. The predicted octanol–water partition coefficient (Wildman–Crippen LogP) is 1.62. The molecule has 0 saturated heterocycles. The Balaban J connectivity index is 2.35. The van der Waals surface area contributed by atoms with E-state index in [1.54, 1.807) is 0 Å². The number of nitrogens with zero attached hydrogens (tertiary/aromatic N) is 2. The van der Waals surface area contributed by atoms with Crippen LogP contribution in [0.5, 0.6) is 0 Å². The molecule has 82 valence electrons. The van der Waals surface area contributed by atoms with Gasteiger partial charge < -0.3 is 9.87 Å². The van der Waals surface area contributed by atoms with Gasteiger partial charge >= 0.3 is 0 Å². The van der Waals surface area contributed by atoms with Gasteiger partial charge in [-0.25, -0.2) is 4.98 Å². The smallest absolute Gasteiger partial charge is 0.224 e. The minimum atomic E-state index is -0.967. The molecule has 0 saturated carbocycles. The first-order valence-corrected chi connectivity index (χ1v) is 6.60. The van der Waals surface area contributed by atoms with Gasteiger partial charge in [-0.15, -0.1) is 0 Å². The van der Waals surface area contributed by atoms with Crippen LogP contribution in [-0.2, 0) is 17.6 Å². The van der Waals surface area contributed by atoms with E-state index in [1.165, 1.54) is 0 Å². The lowest BCUT2D eigenvalue weighted by molar-refractivity contribution is 0.598. The summed E-state index contributed by atoms with van der Waals surface area (Å²) in [5.41, 5.74) is 0.826. The van der Waals surface area contributed by atoms with E-state index in [9.17, 15) is 4.55 Å². The number of hydrogen-bond acceptors (Lipinski definition) is 4. The van der Waals surface area contributed by atoms with Crippen molar-refractivity contribution in [2.24, 2.45) is 0 Å². The van der Waals surface area contributed by atoms with Crippen LogP contribution in [0.25, 0.3) is 0 Å². The van der Waals surface area contributed by atoms with Crippen molar-refractivity contribution >= 4 is 28.6 Å². The molecule has 1 aromatic heterocycles. The topological polar surface area (TPSA) is 60.9 Å². The van der Waals surface area contributed by atoms with Gasteiger partial charge in [0, 0.05) is 13.0 Å². The Bertz CT molecular complexity index is 375. The molecule has 2 rings (SSSR count). The molecular weight excluding hydrogens is 234 g/mol. The average Bonchev–Trinajstić information content (AvgIpc) is 2.56. The number of fused-ring (bicyclic) bond motifs is 1. The van der Waals surface area contributed by atoms with E-state index >= 15 is 0 Å². The van der Waals surface area contributed by atoms with Crippen LogP contribution in [-0.4, -0.2) is 26.8 Å². The molecule has 1 aromatic rings. The van der Waals surface area contributed by atoms with Gasteiger partial charge in [0.05, 0.1) is 0 Å². The first-order valence-electron chi connectivity index (χ1n) is 4.91. The molecule has 4 nitrogen and oxygen atoms in total. The fourth-order valence-electron chi connectivity index (χ4n) is 1.53. The summed E-state index contributed by atoms with van der Waals surface area (Å²) in [4.78, 5) is 8.92. The van der Waals surface area contributed by atoms with E-state index < -0.39 is 11.2 Å². The average molecular weight is 246 g/mol.